The number of aromatic nitrogens is 2. The molecule has 0 aliphatic heterocycles. The number of aromatic amines is 1. The van der Waals surface area contributed by atoms with Crippen molar-refractivity contribution in [1.82, 2.24) is 15.5 Å². The molecule has 0 spiro atoms. The zero-order valence-electron chi connectivity index (χ0n) is 8.87. The van der Waals surface area contributed by atoms with Crippen LogP contribution in [0, 0.1) is 11.8 Å². The summed E-state index contributed by atoms with van der Waals surface area (Å²) < 4.78 is 0. The van der Waals surface area contributed by atoms with Crippen molar-refractivity contribution >= 4 is 16.8 Å². The Morgan fingerprint density at radius 3 is 3.25 bits per heavy atom. The molecule has 16 heavy (non-hydrogen) atoms. The SMILES string of the molecule is CC(=O)NCC#Cc1ccc2[nH]ncc2c1. The molecule has 4 heteroatoms. The molecule has 0 saturated carbocycles. The summed E-state index contributed by atoms with van der Waals surface area (Å²) in [5.41, 5.74) is 1.91. The number of amides is 1. The highest BCUT2D eigenvalue weighted by Gasteiger charge is 1.94. The van der Waals surface area contributed by atoms with Gasteiger partial charge in [0.25, 0.3) is 0 Å². The summed E-state index contributed by atoms with van der Waals surface area (Å²) in [6, 6.07) is 5.81. The van der Waals surface area contributed by atoms with E-state index in [-0.39, 0.29) is 5.91 Å². The Kier molecular flexibility index (Phi) is 2.88. The third-order valence-electron chi connectivity index (χ3n) is 2.10. The van der Waals surface area contributed by atoms with Gasteiger partial charge < -0.3 is 5.32 Å². The average molecular weight is 213 g/mol. The second-order valence-electron chi connectivity index (χ2n) is 3.38. The molecule has 0 saturated heterocycles. The highest BCUT2D eigenvalue weighted by molar-refractivity contribution is 5.79. The first-order valence-electron chi connectivity index (χ1n) is 4.92. The molecule has 0 unspecified atom stereocenters. The maximum absolute atomic E-state index is 10.6. The number of nitrogens with one attached hydrogen (secondary N) is 2. The van der Waals surface area contributed by atoms with Crippen LogP contribution in [0.5, 0.6) is 0 Å². The molecule has 2 N–H and O–H groups in total. The molecule has 1 amide bonds. The zero-order chi connectivity index (χ0) is 11.4. The number of rotatable bonds is 1. The van der Waals surface area contributed by atoms with E-state index in [0.717, 1.165) is 16.5 Å². The molecule has 0 aliphatic carbocycles. The van der Waals surface area contributed by atoms with Gasteiger partial charge in [-0.2, -0.15) is 5.10 Å². The first-order chi connectivity index (χ1) is 7.75. The fourth-order valence-electron chi connectivity index (χ4n) is 1.34. The van der Waals surface area contributed by atoms with Crippen molar-refractivity contribution in [3.05, 3.63) is 30.0 Å². The van der Waals surface area contributed by atoms with Crippen LogP contribution in [0.15, 0.2) is 24.4 Å². The third kappa shape index (κ3) is 2.39. The lowest BCUT2D eigenvalue weighted by Gasteiger charge is -1.92. The Labute approximate surface area is 93.0 Å². The molecule has 0 radical (unpaired) electrons. The minimum absolute atomic E-state index is 0.0698. The van der Waals surface area contributed by atoms with E-state index >= 15 is 0 Å². The molecule has 4 nitrogen and oxygen atoms in total. The van der Waals surface area contributed by atoms with Crippen molar-refractivity contribution < 1.29 is 4.79 Å². The smallest absolute Gasteiger partial charge is 0.217 e. The number of carbonyl (C=O) groups is 1. The van der Waals surface area contributed by atoms with E-state index in [4.69, 9.17) is 0 Å². The third-order valence-corrected chi connectivity index (χ3v) is 2.10. The van der Waals surface area contributed by atoms with Crippen LogP contribution in [0.1, 0.15) is 12.5 Å². The normalized spacial score (nSPS) is 9.56. The van der Waals surface area contributed by atoms with E-state index in [0.29, 0.717) is 6.54 Å². The van der Waals surface area contributed by atoms with Gasteiger partial charge in [-0.05, 0) is 18.2 Å². The van der Waals surface area contributed by atoms with Gasteiger partial charge in [0.2, 0.25) is 5.91 Å². The van der Waals surface area contributed by atoms with Crippen LogP contribution in [0.4, 0.5) is 0 Å². The van der Waals surface area contributed by atoms with E-state index in [2.05, 4.69) is 27.4 Å². The largest absolute Gasteiger partial charge is 0.345 e. The van der Waals surface area contributed by atoms with Crippen LogP contribution >= 0.6 is 0 Å². The lowest BCUT2D eigenvalue weighted by atomic mass is 10.2. The van der Waals surface area contributed by atoms with E-state index in [1.807, 2.05) is 18.2 Å². The van der Waals surface area contributed by atoms with Gasteiger partial charge >= 0.3 is 0 Å². The number of hydrogen-bond donors (Lipinski definition) is 2. The molecule has 0 aliphatic rings. The van der Waals surface area contributed by atoms with Crippen molar-refractivity contribution in [2.45, 2.75) is 6.92 Å². The Balaban J connectivity index is 2.11. The molecule has 0 fully saturated rings. The van der Waals surface area contributed by atoms with Gasteiger partial charge in [-0.15, -0.1) is 0 Å². The first kappa shape index (κ1) is 10.2. The quantitative estimate of drug-likeness (QED) is 0.696. The lowest BCUT2D eigenvalue weighted by molar-refractivity contribution is -0.118. The topological polar surface area (TPSA) is 57.8 Å². The van der Waals surface area contributed by atoms with Gasteiger partial charge in [0, 0.05) is 17.9 Å². The molecule has 2 rings (SSSR count). The Morgan fingerprint density at radius 1 is 1.56 bits per heavy atom. The number of hydrogen-bond acceptors (Lipinski definition) is 2. The molecular formula is C12H11N3O. The zero-order valence-corrected chi connectivity index (χ0v) is 8.87. The first-order valence-corrected chi connectivity index (χ1v) is 4.92. The fraction of sp³-hybridized carbons (Fsp3) is 0.167. The van der Waals surface area contributed by atoms with Crippen LogP contribution in [0.2, 0.25) is 0 Å². The summed E-state index contributed by atoms with van der Waals surface area (Å²) in [7, 11) is 0. The van der Waals surface area contributed by atoms with Gasteiger partial charge in [0.1, 0.15) is 0 Å². The van der Waals surface area contributed by atoms with Gasteiger partial charge in [0.05, 0.1) is 18.3 Å². The summed E-state index contributed by atoms with van der Waals surface area (Å²) in [5.74, 6) is 5.78. The van der Waals surface area contributed by atoms with Crippen LogP contribution in [-0.4, -0.2) is 22.6 Å². The molecular weight excluding hydrogens is 202 g/mol. The second-order valence-corrected chi connectivity index (χ2v) is 3.38. The standard InChI is InChI=1S/C12H11N3O/c1-9(16)13-6-2-3-10-4-5-12-11(7-10)8-14-15-12/h4-5,7-8H,6H2,1H3,(H,13,16)(H,14,15). The van der Waals surface area contributed by atoms with Crippen molar-refractivity contribution in [1.29, 1.82) is 0 Å². The van der Waals surface area contributed by atoms with Gasteiger partial charge in [0.15, 0.2) is 0 Å². The van der Waals surface area contributed by atoms with E-state index in [1.54, 1.807) is 6.20 Å². The van der Waals surface area contributed by atoms with Crippen molar-refractivity contribution in [2.24, 2.45) is 0 Å². The Hall–Kier alpha value is -2.28. The summed E-state index contributed by atoms with van der Waals surface area (Å²) >= 11 is 0. The van der Waals surface area contributed by atoms with E-state index < -0.39 is 0 Å². The number of benzene rings is 1. The van der Waals surface area contributed by atoms with Gasteiger partial charge in [-0.1, -0.05) is 11.8 Å². The molecule has 80 valence electrons. The minimum atomic E-state index is -0.0698. The summed E-state index contributed by atoms with van der Waals surface area (Å²) in [6.07, 6.45) is 1.76. The molecule has 1 heterocycles. The van der Waals surface area contributed by atoms with Crippen LogP contribution in [0.25, 0.3) is 10.9 Å². The summed E-state index contributed by atoms with van der Waals surface area (Å²) in [5, 5.41) is 10.5. The lowest BCUT2D eigenvalue weighted by Crippen LogP contribution is -2.19. The number of nitrogens with zero attached hydrogens (tertiary/aromatic N) is 1. The summed E-state index contributed by atoms with van der Waals surface area (Å²) in [4.78, 5) is 10.6. The Morgan fingerprint density at radius 2 is 2.44 bits per heavy atom. The number of carbonyl (C=O) groups excluding carboxylic acids is 1. The Bertz CT molecular complexity index is 574. The van der Waals surface area contributed by atoms with Crippen molar-refractivity contribution in [3.63, 3.8) is 0 Å². The van der Waals surface area contributed by atoms with Crippen LogP contribution in [-0.2, 0) is 4.79 Å². The number of H-pyrrole nitrogens is 1. The van der Waals surface area contributed by atoms with Crippen molar-refractivity contribution in [3.8, 4) is 11.8 Å². The molecule has 1 aromatic carbocycles. The van der Waals surface area contributed by atoms with Crippen molar-refractivity contribution in [2.75, 3.05) is 6.54 Å². The van der Waals surface area contributed by atoms with E-state index in [1.165, 1.54) is 6.92 Å². The van der Waals surface area contributed by atoms with Crippen LogP contribution < -0.4 is 5.32 Å². The predicted octanol–water partition coefficient (Wildman–Crippen LogP) is 1.05. The molecule has 0 bridgehead atoms. The molecule has 2 aromatic rings. The van der Waals surface area contributed by atoms with Gasteiger partial charge in [-0.3, -0.25) is 9.89 Å². The van der Waals surface area contributed by atoms with Gasteiger partial charge in [-0.25, -0.2) is 0 Å². The molecule has 1 aromatic heterocycles. The minimum Gasteiger partial charge on any atom is -0.345 e. The fourth-order valence-corrected chi connectivity index (χ4v) is 1.34. The second kappa shape index (κ2) is 4.49. The van der Waals surface area contributed by atoms with E-state index in [9.17, 15) is 4.79 Å². The van der Waals surface area contributed by atoms with Crippen LogP contribution in [0.3, 0.4) is 0 Å². The summed E-state index contributed by atoms with van der Waals surface area (Å²) in [6.45, 7) is 1.85. The molecule has 0 atom stereocenters. The monoisotopic (exact) mass is 213 g/mol. The predicted molar refractivity (Wildman–Crippen MR) is 61.7 cm³/mol. The maximum Gasteiger partial charge on any atom is 0.217 e. The highest BCUT2D eigenvalue weighted by atomic mass is 16.1. The average Bonchev–Trinajstić information content (AvgIpc) is 2.71. The maximum atomic E-state index is 10.6. The highest BCUT2D eigenvalue weighted by Crippen LogP contribution is 2.11. The number of fused-ring (bicyclic) bond motifs is 1.